The average molecular weight is 434 g/mol. The van der Waals surface area contributed by atoms with E-state index in [-0.39, 0.29) is 47.3 Å². The minimum Gasteiger partial charge on any atom is -0.354 e. The number of likely N-dealkylation sites (tertiary alicyclic amines) is 1. The number of carbonyl (C=O) groups is 2. The first-order valence-electron chi connectivity index (χ1n) is 10.3. The van der Waals surface area contributed by atoms with E-state index in [1.807, 2.05) is 13.0 Å². The van der Waals surface area contributed by atoms with Gasteiger partial charge in [0.1, 0.15) is 11.2 Å². The average Bonchev–Trinajstić information content (AvgIpc) is 3.27. The second-order valence-electron chi connectivity index (χ2n) is 8.07. The molecule has 0 aromatic carbocycles. The number of amides is 2. The van der Waals surface area contributed by atoms with Gasteiger partial charge in [0, 0.05) is 32.0 Å². The van der Waals surface area contributed by atoms with Gasteiger partial charge in [-0.05, 0) is 56.7 Å². The standard InChI is InChI=1S/C21H27N5O3.ClH/c1-14-6-7-18-23-11-16(21(29)26(18)12-14)20(28)25-9-3-4-15(13-25)10-24-19(27)17-5-2-8-22-17;/h6-7,11-12,15,17,22H,2-5,8-10,13H2,1H3,(H,24,27);1H. The van der Waals surface area contributed by atoms with E-state index in [4.69, 9.17) is 0 Å². The zero-order chi connectivity index (χ0) is 20.4. The molecule has 30 heavy (non-hydrogen) atoms. The van der Waals surface area contributed by atoms with Gasteiger partial charge in [-0.3, -0.25) is 18.8 Å². The van der Waals surface area contributed by atoms with Gasteiger partial charge in [0.15, 0.2) is 0 Å². The van der Waals surface area contributed by atoms with Crippen molar-refractivity contribution in [2.75, 3.05) is 26.2 Å². The number of carbonyl (C=O) groups excluding carboxylic acids is 2. The number of nitrogens with zero attached hydrogens (tertiary/aromatic N) is 3. The van der Waals surface area contributed by atoms with Gasteiger partial charge < -0.3 is 15.5 Å². The third-order valence-electron chi connectivity index (χ3n) is 5.83. The van der Waals surface area contributed by atoms with Crippen molar-refractivity contribution in [1.29, 1.82) is 0 Å². The Labute approximate surface area is 181 Å². The lowest BCUT2D eigenvalue weighted by Gasteiger charge is -2.33. The number of aryl methyl sites for hydroxylation is 1. The van der Waals surface area contributed by atoms with Crippen LogP contribution in [0, 0.1) is 12.8 Å². The van der Waals surface area contributed by atoms with Crippen molar-refractivity contribution in [3.8, 4) is 0 Å². The van der Waals surface area contributed by atoms with Crippen LogP contribution in [0.1, 0.15) is 41.6 Å². The SMILES string of the molecule is Cc1ccc2ncc(C(=O)N3CCCC(CNC(=O)C4CCCN4)C3)c(=O)n2c1.Cl. The molecule has 0 radical (unpaired) electrons. The monoisotopic (exact) mass is 433 g/mol. The maximum absolute atomic E-state index is 13.0. The van der Waals surface area contributed by atoms with Crippen LogP contribution in [0.5, 0.6) is 0 Å². The maximum Gasteiger partial charge on any atom is 0.270 e. The molecular formula is C21H28ClN5O3. The van der Waals surface area contributed by atoms with Gasteiger partial charge in [0.05, 0.1) is 6.04 Å². The van der Waals surface area contributed by atoms with Crippen LogP contribution in [0.25, 0.3) is 5.65 Å². The minimum absolute atomic E-state index is 0. The number of aromatic nitrogens is 2. The number of halogens is 1. The zero-order valence-electron chi connectivity index (χ0n) is 17.1. The molecule has 0 saturated carbocycles. The lowest BCUT2D eigenvalue weighted by atomic mass is 9.97. The van der Waals surface area contributed by atoms with E-state index in [0.717, 1.165) is 37.8 Å². The molecule has 162 valence electrons. The van der Waals surface area contributed by atoms with Crippen molar-refractivity contribution in [3.63, 3.8) is 0 Å². The van der Waals surface area contributed by atoms with Crippen LogP contribution in [-0.2, 0) is 4.79 Å². The summed E-state index contributed by atoms with van der Waals surface area (Å²) in [5.41, 5.74) is 1.20. The van der Waals surface area contributed by atoms with E-state index < -0.39 is 0 Å². The van der Waals surface area contributed by atoms with Gasteiger partial charge in [-0.15, -0.1) is 12.4 Å². The number of nitrogens with one attached hydrogen (secondary N) is 2. The quantitative estimate of drug-likeness (QED) is 0.754. The highest BCUT2D eigenvalue weighted by atomic mass is 35.5. The van der Waals surface area contributed by atoms with Crippen LogP contribution in [0.2, 0.25) is 0 Å². The summed E-state index contributed by atoms with van der Waals surface area (Å²) >= 11 is 0. The second-order valence-corrected chi connectivity index (χ2v) is 8.07. The van der Waals surface area contributed by atoms with Gasteiger partial charge in [-0.25, -0.2) is 4.98 Å². The number of pyridine rings is 1. The Balaban J connectivity index is 0.00000256. The van der Waals surface area contributed by atoms with Gasteiger partial charge >= 0.3 is 0 Å². The van der Waals surface area contributed by atoms with Crippen LogP contribution >= 0.6 is 12.4 Å². The number of rotatable bonds is 4. The Morgan fingerprint density at radius 2 is 2.10 bits per heavy atom. The molecule has 2 amide bonds. The summed E-state index contributed by atoms with van der Waals surface area (Å²) in [5, 5.41) is 6.21. The first-order chi connectivity index (χ1) is 14.0. The molecule has 0 bridgehead atoms. The third kappa shape index (κ3) is 4.65. The van der Waals surface area contributed by atoms with Gasteiger partial charge in [0.25, 0.3) is 11.5 Å². The van der Waals surface area contributed by atoms with Crippen molar-refractivity contribution in [1.82, 2.24) is 24.9 Å². The molecule has 2 aliphatic heterocycles. The highest BCUT2D eigenvalue weighted by Crippen LogP contribution is 2.18. The van der Waals surface area contributed by atoms with Crippen molar-refractivity contribution in [2.24, 2.45) is 5.92 Å². The predicted octanol–water partition coefficient (Wildman–Crippen LogP) is 1.15. The lowest BCUT2D eigenvalue weighted by Crippen LogP contribution is -2.47. The predicted molar refractivity (Wildman–Crippen MR) is 116 cm³/mol. The van der Waals surface area contributed by atoms with E-state index in [0.29, 0.717) is 25.3 Å². The summed E-state index contributed by atoms with van der Waals surface area (Å²) in [5.74, 6) is -0.0540. The van der Waals surface area contributed by atoms with E-state index >= 15 is 0 Å². The van der Waals surface area contributed by atoms with E-state index in [1.165, 1.54) is 10.6 Å². The van der Waals surface area contributed by atoms with Gasteiger partial charge in [-0.1, -0.05) is 6.07 Å². The van der Waals surface area contributed by atoms with Crippen molar-refractivity contribution >= 4 is 29.9 Å². The Morgan fingerprint density at radius 3 is 2.87 bits per heavy atom. The third-order valence-corrected chi connectivity index (χ3v) is 5.83. The fraction of sp³-hybridized carbons (Fsp3) is 0.524. The largest absolute Gasteiger partial charge is 0.354 e. The Bertz CT molecular complexity index is 986. The topological polar surface area (TPSA) is 95.8 Å². The summed E-state index contributed by atoms with van der Waals surface area (Å²) < 4.78 is 1.43. The van der Waals surface area contributed by atoms with Crippen molar-refractivity contribution in [2.45, 2.75) is 38.6 Å². The highest BCUT2D eigenvalue weighted by Gasteiger charge is 2.28. The van der Waals surface area contributed by atoms with Crippen LogP contribution in [-0.4, -0.2) is 58.3 Å². The molecule has 9 heteroatoms. The number of hydrogen-bond donors (Lipinski definition) is 2. The number of hydrogen-bond acceptors (Lipinski definition) is 5. The number of fused-ring (bicyclic) bond motifs is 1. The molecule has 8 nitrogen and oxygen atoms in total. The molecule has 2 unspecified atom stereocenters. The van der Waals surface area contributed by atoms with Crippen molar-refractivity contribution < 1.29 is 9.59 Å². The van der Waals surface area contributed by atoms with Crippen LogP contribution in [0.3, 0.4) is 0 Å². The lowest BCUT2D eigenvalue weighted by molar-refractivity contribution is -0.123. The molecule has 0 aliphatic carbocycles. The summed E-state index contributed by atoms with van der Waals surface area (Å²) in [6.07, 6.45) is 6.80. The first-order valence-corrected chi connectivity index (χ1v) is 10.3. The Morgan fingerprint density at radius 1 is 1.27 bits per heavy atom. The summed E-state index contributed by atoms with van der Waals surface area (Å²) in [6.45, 7) is 4.48. The minimum atomic E-state index is -0.341. The van der Waals surface area contributed by atoms with Crippen LogP contribution in [0.15, 0.2) is 29.3 Å². The van der Waals surface area contributed by atoms with Crippen LogP contribution in [0.4, 0.5) is 0 Å². The van der Waals surface area contributed by atoms with Gasteiger partial charge in [0.2, 0.25) is 5.91 Å². The summed E-state index contributed by atoms with van der Waals surface area (Å²) in [6, 6.07) is 3.56. The molecule has 2 aliphatic rings. The molecule has 4 heterocycles. The maximum atomic E-state index is 13.0. The van der Waals surface area contributed by atoms with Crippen LogP contribution < -0.4 is 16.2 Å². The van der Waals surface area contributed by atoms with E-state index in [9.17, 15) is 14.4 Å². The second kappa shape index (κ2) is 9.57. The molecule has 2 fully saturated rings. The number of piperidine rings is 1. The molecule has 2 aromatic heterocycles. The molecule has 2 N–H and O–H groups in total. The fourth-order valence-electron chi connectivity index (χ4n) is 4.19. The summed E-state index contributed by atoms with van der Waals surface area (Å²) in [4.78, 5) is 44.0. The zero-order valence-corrected chi connectivity index (χ0v) is 17.9. The summed E-state index contributed by atoms with van der Waals surface area (Å²) in [7, 11) is 0. The molecule has 2 saturated heterocycles. The molecule has 2 atom stereocenters. The smallest absolute Gasteiger partial charge is 0.270 e. The molecule has 4 rings (SSSR count). The normalized spacial score (nSPS) is 21.3. The molecular weight excluding hydrogens is 406 g/mol. The van der Waals surface area contributed by atoms with E-state index in [2.05, 4.69) is 15.6 Å². The first kappa shape index (κ1) is 22.2. The van der Waals surface area contributed by atoms with Gasteiger partial charge in [-0.2, -0.15) is 0 Å². The fourth-order valence-corrected chi connectivity index (χ4v) is 4.19. The Kier molecular flexibility index (Phi) is 7.10. The van der Waals surface area contributed by atoms with E-state index in [1.54, 1.807) is 17.2 Å². The molecule has 2 aromatic rings. The highest BCUT2D eigenvalue weighted by molar-refractivity contribution is 5.93. The Hall–Kier alpha value is -2.45. The van der Waals surface area contributed by atoms with Crippen molar-refractivity contribution in [3.05, 3.63) is 46.0 Å². The molecule has 0 spiro atoms.